The van der Waals surface area contributed by atoms with Crippen LogP contribution in [0.2, 0.25) is 0 Å². The molecule has 0 bridgehead atoms. The number of carbonyl (C=O) groups excluding carboxylic acids is 2. The first-order chi connectivity index (χ1) is 31.0. The Balaban J connectivity index is 4.67. The van der Waals surface area contributed by atoms with Crippen LogP contribution in [0.1, 0.15) is 239 Å². The Labute approximate surface area is 389 Å². The third kappa shape index (κ3) is 45.4. The largest absolute Gasteiger partial charge is 0.462 e. The highest BCUT2D eigenvalue weighted by atomic mass is 16.5. The number of aliphatic hydroxyl groups is 2. The van der Waals surface area contributed by atoms with Crippen molar-refractivity contribution in [2.75, 3.05) is 6.61 Å². The number of allylic oxidation sites excluding steroid dienone is 14. The maximum absolute atomic E-state index is 13.2. The highest BCUT2D eigenvalue weighted by molar-refractivity contribution is 5.77. The maximum atomic E-state index is 13.2. The Bertz CT molecular complexity index is 1210. The third-order valence-corrected chi connectivity index (χ3v) is 11.5. The van der Waals surface area contributed by atoms with Crippen molar-refractivity contribution in [3.05, 3.63) is 85.1 Å². The van der Waals surface area contributed by atoms with Crippen LogP contribution in [0, 0.1) is 0 Å². The number of hydrogen-bond acceptors (Lipinski definition) is 5. The third-order valence-electron chi connectivity index (χ3n) is 11.5. The summed E-state index contributed by atoms with van der Waals surface area (Å²) in [5.41, 5.74) is 0. The van der Waals surface area contributed by atoms with Gasteiger partial charge in [-0.15, -0.1) is 0 Å². The molecular formula is C57H99NO5. The normalized spacial score (nSPS) is 13.9. The highest BCUT2D eigenvalue weighted by Crippen LogP contribution is 2.17. The average Bonchev–Trinajstić information content (AvgIpc) is 3.28. The van der Waals surface area contributed by atoms with Crippen molar-refractivity contribution in [1.29, 1.82) is 0 Å². The van der Waals surface area contributed by atoms with Crippen LogP contribution in [0.5, 0.6) is 0 Å². The molecule has 0 aromatic rings. The van der Waals surface area contributed by atoms with E-state index in [1.165, 1.54) is 96.3 Å². The summed E-state index contributed by atoms with van der Waals surface area (Å²) >= 11 is 0. The van der Waals surface area contributed by atoms with Gasteiger partial charge in [-0.3, -0.25) is 9.59 Å². The molecule has 362 valence electrons. The second-order valence-electron chi connectivity index (χ2n) is 17.5. The van der Waals surface area contributed by atoms with Gasteiger partial charge in [0.25, 0.3) is 0 Å². The lowest BCUT2D eigenvalue weighted by Crippen LogP contribution is -2.46. The lowest BCUT2D eigenvalue weighted by molar-refractivity contribution is -0.151. The van der Waals surface area contributed by atoms with E-state index in [2.05, 4.69) is 111 Å². The van der Waals surface area contributed by atoms with Gasteiger partial charge in [-0.05, 0) is 96.3 Å². The second kappa shape index (κ2) is 50.0. The first kappa shape index (κ1) is 60.0. The van der Waals surface area contributed by atoms with Crippen molar-refractivity contribution in [1.82, 2.24) is 5.32 Å². The molecule has 0 heterocycles. The fraction of sp³-hybridized carbons (Fsp3) is 0.719. The number of carbonyl (C=O) groups is 2. The lowest BCUT2D eigenvalue weighted by Gasteiger charge is -2.24. The fourth-order valence-corrected chi connectivity index (χ4v) is 7.49. The van der Waals surface area contributed by atoms with E-state index in [9.17, 15) is 19.8 Å². The smallest absolute Gasteiger partial charge is 0.306 e. The molecule has 6 heteroatoms. The summed E-state index contributed by atoms with van der Waals surface area (Å²) in [6.45, 7) is 6.31. The molecule has 1 amide bonds. The standard InChI is InChI=1S/C57H99NO5/c1-4-7-10-13-16-19-22-24-26-27-28-29-30-32-35-38-41-44-47-50-57(62)63-53(48-45-42-39-36-34-31-25-23-20-17-14-11-8-5-2)51-56(61)58-54(52-59)55(60)49-46-43-40-37-33-21-18-15-12-9-6-3/h8,11,16-17,19-20,24-26,28-29,31,36,39,53-55,59-60H,4-7,9-10,12-15,18,21-23,27,30,32-35,37-38,40-52H2,1-3H3,(H,58,61)/b11-8+,19-16-,20-17+,26-24-,29-28-,31-25+,39-36+. The fourth-order valence-electron chi connectivity index (χ4n) is 7.49. The number of rotatable bonds is 46. The highest BCUT2D eigenvalue weighted by Gasteiger charge is 2.24. The molecule has 0 spiro atoms. The van der Waals surface area contributed by atoms with E-state index in [1.54, 1.807) is 0 Å². The Kier molecular flexibility index (Phi) is 47.7. The monoisotopic (exact) mass is 878 g/mol. The zero-order chi connectivity index (χ0) is 45.9. The lowest BCUT2D eigenvalue weighted by atomic mass is 10.0. The summed E-state index contributed by atoms with van der Waals surface area (Å²) in [7, 11) is 0. The topological polar surface area (TPSA) is 95.9 Å². The van der Waals surface area contributed by atoms with Gasteiger partial charge in [0.1, 0.15) is 6.10 Å². The van der Waals surface area contributed by atoms with Crippen molar-refractivity contribution < 1.29 is 24.5 Å². The van der Waals surface area contributed by atoms with Crippen molar-refractivity contribution in [3.8, 4) is 0 Å². The number of esters is 1. The minimum absolute atomic E-state index is 0.0306. The van der Waals surface area contributed by atoms with Crippen molar-refractivity contribution in [2.24, 2.45) is 0 Å². The quantitative estimate of drug-likeness (QED) is 0.0322. The number of unbranched alkanes of at least 4 members (excludes halogenated alkanes) is 20. The van der Waals surface area contributed by atoms with Crippen LogP contribution in [0.25, 0.3) is 0 Å². The number of aliphatic hydroxyl groups excluding tert-OH is 2. The minimum atomic E-state index is -0.807. The molecule has 0 radical (unpaired) electrons. The molecule has 0 aromatic carbocycles. The summed E-state index contributed by atoms with van der Waals surface area (Å²) in [6, 6.07) is -0.725. The van der Waals surface area contributed by atoms with Crippen molar-refractivity contribution in [3.63, 3.8) is 0 Å². The molecule has 3 atom stereocenters. The van der Waals surface area contributed by atoms with Crippen LogP contribution in [0.15, 0.2) is 85.1 Å². The minimum Gasteiger partial charge on any atom is -0.462 e. The zero-order valence-corrected chi connectivity index (χ0v) is 41.2. The van der Waals surface area contributed by atoms with E-state index in [4.69, 9.17) is 4.74 Å². The van der Waals surface area contributed by atoms with Crippen molar-refractivity contribution >= 4 is 11.9 Å². The number of ether oxygens (including phenoxy) is 1. The molecule has 0 saturated carbocycles. The van der Waals surface area contributed by atoms with Gasteiger partial charge in [-0.25, -0.2) is 0 Å². The van der Waals surface area contributed by atoms with Crippen molar-refractivity contribution in [2.45, 2.75) is 257 Å². The van der Waals surface area contributed by atoms with Gasteiger partial charge >= 0.3 is 5.97 Å². The Morgan fingerprint density at radius 2 is 0.873 bits per heavy atom. The molecule has 0 aromatic heterocycles. The molecule has 3 unspecified atom stereocenters. The van der Waals surface area contributed by atoms with Crippen LogP contribution in [0.4, 0.5) is 0 Å². The maximum Gasteiger partial charge on any atom is 0.306 e. The van der Waals surface area contributed by atoms with Gasteiger partial charge in [0.2, 0.25) is 5.91 Å². The molecule has 0 rings (SSSR count). The van der Waals surface area contributed by atoms with Gasteiger partial charge < -0.3 is 20.3 Å². The Hall–Kier alpha value is -2.96. The predicted octanol–water partition coefficient (Wildman–Crippen LogP) is 16.0. The molecule has 63 heavy (non-hydrogen) atoms. The van der Waals surface area contributed by atoms with E-state index in [0.717, 1.165) is 96.3 Å². The van der Waals surface area contributed by atoms with Crippen LogP contribution in [-0.4, -0.2) is 46.9 Å². The molecule has 6 nitrogen and oxygen atoms in total. The molecule has 0 aliphatic carbocycles. The molecule has 0 saturated heterocycles. The number of amides is 1. The van der Waals surface area contributed by atoms with Crippen LogP contribution < -0.4 is 5.32 Å². The summed E-state index contributed by atoms with van der Waals surface area (Å²) < 4.78 is 5.91. The van der Waals surface area contributed by atoms with Crippen LogP contribution >= 0.6 is 0 Å². The zero-order valence-electron chi connectivity index (χ0n) is 41.2. The number of nitrogens with one attached hydrogen (secondary N) is 1. The number of hydrogen-bond donors (Lipinski definition) is 3. The molecule has 0 aliphatic heterocycles. The van der Waals surface area contributed by atoms with Gasteiger partial charge in [-0.2, -0.15) is 0 Å². The summed E-state index contributed by atoms with van der Waals surface area (Å²) in [4.78, 5) is 26.1. The van der Waals surface area contributed by atoms with Crippen LogP contribution in [-0.2, 0) is 14.3 Å². The van der Waals surface area contributed by atoms with E-state index < -0.39 is 18.2 Å². The Morgan fingerprint density at radius 1 is 0.476 bits per heavy atom. The first-order valence-corrected chi connectivity index (χ1v) is 26.3. The van der Waals surface area contributed by atoms with E-state index >= 15 is 0 Å². The molecular weight excluding hydrogens is 779 g/mol. The van der Waals surface area contributed by atoms with E-state index in [1.807, 2.05) is 0 Å². The van der Waals surface area contributed by atoms with Gasteiger partial charge in [0.15, 0.2) is 0 Å². The van der Waals surface area contributed by atoms with Gasteiger partial charge in [-0.1, -0.05) is 215 Å². The Morgan fingerprint density at radius 3 is 1.37 bits per heavy atom. The summed E-state index contributed by atoms with van der Waals surface area (Å²) in [5, 5.41) is 23.7. The van der Waals surface area contributed by atoms with Gasteiger partial charge in [0.05, 0.1) is 25.2 Å². The predicted molar refractivity (Wildman–Crippen MR) is 273 cm³/mol. The summed E-state index contributed by atoms with van der Waals surface area (Å²) in [5.74, 6) is -0.547. The summed E-state index contributed by atoms with van der Waals surface area (Å²) in [6.07, 6.45) is 65.0. The molecule has 3 N–H and O–H groups in total. The van der Waals surface area contributed by atoms with E-state index in [-0.39, 0.29) is 24.9 Å². The first-order valence-electron chi connectivity index (χ1n) is 26.3. The second-order valence-corrected chi connectivity index (χ2v) is 17.5. The average molecular weight is 878 g/mol. The SMILES string of the molecule is CC/C=C/C/C=C/C/C=C/C/C=C/CCCC(CC(=O)NC(CO)C(O)CCCCCCCCCCCCC)OC(=O)CCCCCCCC/C=C\C/C=C\C/C=C\CCCCC. The molecule has 0 aliphatic rings. The van der Waals surface area contributed by atoms with Crippen LogP contribution in [0.3, 0.4) is 0 Å². The molecule has 0 fully saturated rings. The van der Waals surface area contributed by atoms with E-state index in [0.29, 0.717) is 19.3 Å². The van der Waals surface area contributed by atoms with Gasteiger partial charge in [0, 0.05) is 6.42 Å².